The maximum atomic E-state index is 11.7. The first-order valence-corrected chi connectivity index (χ1v) is 7.34. The van der Waals surface area contributed by atoms with E-state index < -0.39 is 0 Å². The Bertz CT molecular complexity index is 239. The summed E-state index contributed by atoms with van der Waals surface area (Å²) in [6.45, 7) is 8.23. The summed E-state index contributed by atoms with van der Waals surface area (Å²) in [6, 6.07) is 0.470. The van der Waals surface area contributed by atoms with Gasteiger partial charge in [-0.2, -0.15) is 0 Å². The van der Waals surface area contributed by atoms with E-state index in [-0.39, 0.29) is 5.91 Å². The molecule has 0 bridgehead atoms. The Morgan fingerprint density at radius 3 is 2.56 bits per heavy atom. The van der Waals surface area contributed by atoms with E-state index in [1.165, 1.54) is 25.9 Å². The van der Waals surface area contributed by atoms with Crippen LogP contribution in [0.15, 0.2) is 0 Å². The summed E-state index contributed by atoms with van der Waals surface area (Å²) >= 11 is 0. The van der Waals surface area contributed by atoms with Crippen LogP contribution in [0.25, 0.3) is 0 Å². The number of carbonyl (C=O) groups excluding carboxylic acids is 1. The van der Waals surface area contributed by atoms with Crippen molar-refractivity contribution >= 4 is 5.91 Å². The molecule has 0 radical (unpaired) electrons. The normalized spacial score (nSPS) is 19.7. The Morgan fingerprint density at radius 2 is 1.94 bits per heavy atom. The lowest BCUT2D eigenvalue weighted by atomic mass is 10.0. The van der Waals surface area contributed by atoms with Gasteiger partial charge in [-0.25, -0.2) is 0 Å². The quantitative estimate of drug-likeness (QED) is 0.688. The molecule has 3 N–H and O–H groups in total. The summed E-state index contributed by atoms with van der Waals surface area (Å²) in [6.07, 6.45) is 5.19. The van der Waals surface area contributed by atoms with Crippen molar-refractivity contribution in [1.29, 1.82) is 0 Å². The Labute approximate surface area is 111 Å². The average Bonchev–Trinajstić information content (AvgIpc) is 2.87. The highest BCUT2D eigenvalue weighted by Crippen LogP contribution is 2.11. The predicted molar refractivity (Wildman–Crippen MR) is 75.3 cm³/mol. The third kappa shape index (κ3) is 5.83. The number of rotatable bonds is 8. The smallest absolute Gasteiger partial charge is 0.220 e. The molecule has 1 amide bonds. The van der Waals surface area contributed by atoms with Gasteiger partial charge in [-0.05, 0) is 58.2 Å². The van der Waals surface area contributed by atoms with Gasteiger partial charge in [0.25, 0.3) is 0 Å². The molecular formula is C14H29N3O. The van der Waals surface area contributed by atoms with Gasteiger partial charge in [0, 0.05) is 19.0 Å². The highest BCUT2D eigenvalue weighted by atomic mass is 16.1. The van der Waals surface area contributed by atoms with Crippen LogP contribution < -0.4 is 11.1 Å². The third-order valence-electron chi connectivity index (χ3n) is 3.88. The van der Waals surface area contributed by atoms with Gasteiger partial charge in [-0.1, -0.05) is 6.92 Å². The molecule has 1 aliphatic heterocycles. The molecular weight excluding hydrogens is 226 g/mol. The predicted octanol–water partition coefficient (Wildman–Crippen LogP) is 1.35. The molecule has 2 unspecified atom stereocenters. The second-order valence-electron chi connectivity index (χ2n) is 5.62. The molecule has 106 valence electrons. The van der Waals surface area contributed by atoms with Gasteiger partial charge >= 0.3 is 0 Å². The molecule has 0 aromatic rings. The van der Waals surface area contributed by atoms with Crippen LogP contribution in [-0.4, -0.2) is 43.0 Å². The van der Waals surface area contributed by atoms with Crippen LogP contribution in [0.5, 0.6) is 0 Å². The zero-order valence-electron chi connectivity index (χ0n) is 12.0. The van der Waals surface area contributed by atoms with Gasteiger partial charge in [-0.15, -0.1) is 0 Å². The van der Waals surface area contributed by atoms with Crippen molar-refractivity contribution in [2.24, 2.45) is 11.7 Å². The van der Waals surface area contributed by atoms with E-state index in [1.54, 1.807) is 0 Å². The molecule has 1 saturated heterocycles. The lowest BCUT2D eigenvalue weighted by molar-refractivity contribution is -0.121. The number of hydrogen-bond donors (Lipinski definition) is 2. The van der Waals surface area contributed by atoms with Crippen molar-refractivity contribution in [2.75, 3.05) is 26.2 Å². The first kappa shape index (κ1) is 15.4. The second-order valence-corrected chi connectivity index (χ2v) is 5.62. The summed E-state index contributed by atoms with van der Waals surface area (Å²) < 4.78 is 0. The number of likely N-dealkylation sites (tertiary alicyclic amines) is 1. The zero-order valence-corrected chi connectivity index (χ0v) is 12.0. The minimum Gasteiger partial charge on any atom is -0.355 e. The molecule has 1 aliphatic rings. The van der Waals surface area contributed by atoms with Crippen molar-refractivity contribution in [1.82, 2.24) is 10.2 Å². The zero-order chi connectivity index (χ0) is 13.4. The van der Waals surface area contributed by atoms with Gasteiger partial charge < -0.3 is 11.1 Å². The first-order valence-electron chi connectivity index (χ1n) is 7.34. The summed E-state index contributed by atoms with van der Waals surface area (Å²) in [5.74, 6) is 0.738. The maximum Gasteiger partial charge on any atom is 0.220 e. The molecule has 0 saturated carbocycles. The fourth-order valence-corrected chi connectivity index (χ4v) is 2.47. The topological polar surface area (TPSA) is 58.4 Å². The highest BCUT2D eigenvalue weighted by Gasteiger charge is 2.18. The van der Waals surface area contributed by atoms with E-state index in [4.69, 9.17) is 5.73 Å². The lowest BCUT2D eigenvalue weighted by Crippen LogP contribution is -2.40. The molecule has 0 spiro atoms. The fraction of sp³-hybridized carbons (Fsp3) is 0.929. The van der Waals surface area contributed by atoms with E-state index in [9.17, 15) is 4.79 Å². The van der Waals surface area contributed by atoms with Gasteiger partial charge in [0.15, 0.2) is 0 Å². The Kier molecular flexibility index (Phi) is 7.28. The van der Waals surface area contributed by atoms with Crippen LogP contribution in [0.3, 0.4) is 0 Å². The van der Waals surface area contributed by atoms with Crippen LogP contribution in [0.2, 0.25) is 0 Å². The van der Waals surface area contributed by atoms with Crippen LogP contribution in [0, 0.1) is 5.92 Å². The van der Waals surface area contributed by atoms with Crippen LogP contribution in [-0.2, 0) is 4.79 Å². The van der Waals surface area contributed by atoms with Crippen LogP contribution in [0.4, 0.5) is 0 Å². The van der Waals surface area contributed by atoms with E-state index in [1.807, 2.05) is 0 Å². The third-order valence-corrected chi connectivity index (χ3v) is 3.88. The Hall–Kier alpha value is -0.610. The number of amides is 1. The van der Waals surface area contributed by atoms with E-state index in [0.29, 0.717) is 18.4 Å². The second kappa shape index (κ2) is 8.48. The number of nitrogens with one attached hydrogen (secondary N) is 1. The van der Waals surface area contributed by atoms with Crippen LogP contribution in [0.1, 0.15) is 46.0 Å². The van der Waals surface area contributed by atoms with Gasteiger partial charge in [0.1, 0.15) is 0 Å². The molecule has 1 rings (SSSR count). The molecule has 18 heavy (non-hydrogen) atoms. The van der Waals surface area contributed by atoms with Gasteiger partial charge in [0.2, 0.25) is 5.91 Å². The summed E-state index contributed by atoms with van der Waals surface area (Å²) in [5, 5.41) is 3.04. The molecule has 0 aromatic heterocycles. The summed E-state index contributed by atoms with van der Waals surface area (Å²) in [5.41, 5.74) is 5.50. The summed E-state index contributed by atoms with van der Waals surface area (Å²) in [4.78, 5) is 14.2. The van der Waals surface area contributed by atoms with Crippen molar-refractivity contribution in [3.63, 3.8) is 0 Å². The minimum absolute atomic E-state index is 0.185. The number of nitrogens with zero attached hydrogens (tertiary/aromatic N) is 1. The van der Waals surface area contributed by atoms with E-state index in [2.05, 4.69) is 24.1 Å². The molecule has 4 heteroatoms. The van der Waals surface area contributed by atoms with Crippen LogP contribution >= 0.6 is 0 Å². The number of hydrogen-bond acceptors (Lipinski definition) is 3. The number of nitrogens with two attached hydrogens (primary N) is 1. The number of carbonyl (C=O) groups is 1. The van der Waals surface area contributed by atoms with Gasteiger partial charge in [0.05, 0.1) is 0 Å². The average molecular weight is 255 g/mol. The highest BCUT2D eigenvalue weighted by molar-refractivity contribution is 5.75. The molecule has 1 fully saturated rings. The Morgan fingerprint density at radius 1 is 1.28 bits per heavy atom. The first-order chi connectivity index (χ1) is 8.63. The Balaban J connectivity index is 2.08. The molecule has 0 aliphatic carbocycles. The standard InChI is InChI=1S/C14H29N3O/c1-12(7-8-15)5-6-14(18)16-11-13(2)17-9-3-4-10-17/h12-13H,3-11,15H2,1-2H3,(H,16,18). The molecule has 4 nitrogen and oxygen atoms in total. The largest absolute Gasteiger partial charge is 0.355 e. The maximum absolute atomic E-state index is 11.7. The lowest BCUT2D eigenvalue weighted by Gasteiger charge is -2.23. The monoisotopic (exact) mass is 255 g/mol. The SMILES string of the molecule is CC(CCN)CCC(=O)NCC(C)N1CCCC1. The van der Waals surface area contributed by atoms with E-state index in [0.717, 1.165) is 25.9 Å². The molecule has 2 atom stereocenters. The minimum atomic E-state index is 0.185. The van der Waals surface area contributed by atoms with Crippen molar-refractivity contribution in [3.8, 4) is 0 Å². The molecule has 1 heterocycles. The van der Waals surface area contributed by atoms with Gasteiger partial charge in [-0.3, -0.25) is 9.69 Å². The van der Waals surface area contributed by atoms with E-state index >= 15 is 0 Å². The van der Waals surface area contributed by atoms with Crippen molar-refractivity contribution in [3.05, 3.63) is 0 Å². The van der Waals surface area contributed by atoms with Crippen molar-refractivity contribution in [2.45, 2.75) is 52.0 Å². The summed E-state index contributed by atoms with van der Waals surface area (Å²) in [7, 11) is 0. The van der Waals surface area contributed by atoms with Crippen molar-refractivity contribution < 1.29 is 4.79 Å². The molecule has 0 aromatic carbocycles. The fourth-order valence-electron chi connectivity index (χ4n) is 2.47.